The summed E-state index contributed by atoms with van der Waals surface area (Å²) < 4.78 is 0. The number of hydrogen-bond donors (Lipinski definition) is 2. The fourth-order valence-electron chi connectivity index (χ4n) is 2.88. The van der Waals surface area contributed by atoms with Crippen LogP contribution in [0.1, 0.15) is 67.2 Å². The quantitative estimate of drug-likeness (QED) is 0.598. The highest BCUT2D eigenvalue weighted by atomic mass is 15.5. The van der Waals surface area contributed by atoms with Crippen molar-refractivity contribution in [2.75, 3.05) is 20.1 Å². The molecule has 116 valence electrons. The van der Waals surface area contributed by atoms with E-state index in [9.17, 15) is 0 Å². The maximum absolute atomic E-state index is 6.28. The van der Waals surface area contributed by atoms with Gasteiger partial charge in [-0.1, -0.05) is 34.6 Å². The first-order valence-electron chi connectivity index (χ1n) is 7.85. The molecule has 0 fully saturated rings. The number of nitrogens with one attached hydrogen (secondary N) is 1. The molecule has 0 radical (unpaired) electrons. The van der Waals surface area contributed by atoms with E-state index >= 15 is 0 Å². The van der Waals surface area contributed by atoms with Crippen molar-refractivity contribution < 1.29 is 0 Å². The van der Waals surface area contributed by atoms with Crippen molar-refractivity contribution in [1.29, 1.82) is 0 Å². The molecule has 0 aromatic carbocycles. The zero-order valence-electron chi connectivity index (χ0n) is 14.3. The Kier molecular flexibility index (Phi) is 8.18. The third-order valence-electron chi connectivity index (χ3n) is 4.08. The summed E-state index contributed by atoms with van der Waals surface area (Å²) in [5, 5.41) is 2.20. The molecule has 0 saturated carbocycles. The first-order chi connectivity index (χ1) is 8.62. The van der Waals surface area contributed by atoms with E-state index in [1.807, 2.05) is 0 Å². The Hall–Kier alpha value is -0.120. The molecule has 0 spiro atoms. The summed E-state index contributed by atoms with van der Waals surface area (Å²) in [6, 6.07) is 0. The van der Waals surface area contributed by atoms with Gasteiger partial charge in [-0.3, -0.25) is 5.43 Å². The van der Waals surface area contributed by atoms with Gasteiger partial charge in [-0.05, 0) is 43.9 Å². The number of hydrazine groups is 1. The van der Waals surface area contributed by atoms with Crippen LogP contribution in [0.15, 0.2) is 0 Å². The van der Waals surface area contributed by atoms with Gasteiger partial charge in [0.05, 0.1) is 0 Å². The lowest BCUT2D eigenvalue weighted by Crippen LogP contribution is -2.39. The van der Waals surface area contributed by atoms with E-state index in [4.69, 9.17) is 5.73 Å². The highest BCUT2D eigenvalue weighted by molar-refractivity contribution is 4.82. The van der Waals surface area contributed by atoms with Gasteiger partial charge in [-0.25, -0.2) is 5.01 Å². The minimum Gasteiger partial charge on any atom is -0.325 e. The van der Waals surface area contributed by atoms with Gasteiger partial charge in [0, 0.05) is 25.7 Å². The normalized spacial score (nSPS) is 17.5. The summed E-state index contributed by atoms with van der Waals surface area (Å²) in [6.45, 7) is 15.7. The number of hydrogen-bond acceptors (Lipinski definition) is 3. The van der Waals surface area contributed by atoms with Crippen LogP contribution in [0.5, 0.6) is 0 Å². The highest BCUT2D eigenvalue weighted by Gasteiger charge is 2.25. The predicted molar refractivity (Wildman–Crippen MR) is 86.0 cm³/mol. The molecule has 0 aliphatic carbocycles. The standard InChI is InChI=1S/C16H37N3/c1-8-16(6,17)13-14(3)12-15(4,5)10-11-19(7)18-9-2/h14,18H,8-13,17H2,1-7H3. The van der Waals surface area contributed by atoms with Crippen LogP contribution in [0, 0.1) is 11.3 Å². The molecule has 0 rings (SSSR count). The molecule has 2 atom stereocenters. The van der Waals surface area contributed by atoms with E-state index in [2.05, 4.69) is 59.0 Å². The molecule has 3 N–H and O–H groups in total. The van der Waals surface area contributed by atoms with Crippen LogP contribution in [0.4, 0.5) is 0 Å². The van der Waals surface area contributed by atoms with Crippen LogP contribution in [0.3, 0.4) is 0 Å². The summed E-state index contributed by atoms with van der Waals surface area (Å²) in [5.41, 5.74) is 9.99. The monoisotopic (exact) mass is 271 g/mol. The minimum atomic E-state index is -0.00391. The van der Waals surface area contributed by atoms with Crippen LogP contribution < -0.4 is 11.2 Å². The second-order valence-corrected chi connectivity index (χ2v) is 7.37. The van der Waals surface area contributed by atoms with Gasteiger partial charge in [-0.2, -0.15) is 0 Å². The summed E-state index contributed by atoms with van der Waals surface area (Å²) in [7, 11) is 2.12. The van der Waals surface area contributed by atoms with Gasteiger partial charge in [-0.15, -0.1) is 0 Å². The van der Waals surface area contributed by atoms with Gasteiger partial charge in [0.15, 0.2) is 0 Å². The van der Waals surface area contributed by atoms with Crippen LogP contribution in [-0.2, 0) is 0 Å². The van der Waals surface area contributed by atoms with Crippen molar-refractivity contribution >= 4 is 0 Å². The average molecular weight is 271 g/mol. The third-order valence-corrected chi connectivity index (χ3v) is 4.08. The van der Waals surface area contributed by atoms with Gasteiger partial charge in [0.2, 0.25) is 0 Å². The molecule has 2 unspecified atom stereocenters. The lowest BCUT2D eigenvalue weighted by atomic mass is 9.76. The lowest BCUT2D eigenvalue weighted by Gasteiger charge is -2.33. The van der Waals surface area contributed by atoms with E-state index in [0.717, 1.165) is 25.9 Å². The van der Waals surface area contributed by atoms with Crippen LogP contribution in [0.2, 0.25) is 0 Å². The van der Waals surface area contributed by atoms with Gasteiger partial charge in [0.1, 0.15) is 0 Å². The van der Waals surface area contributed by atoms with Crippen molar-refractivity contribution in [2.45, 2.75) is 72.8 Å². The molecule has 0 aromatic rings. The molecule has 0 bridgehead atoms. The molecule has 3 heteroatoms. The van der Waals surface area contributed by atoms with Crippen molar-refractivity contribution in [3.8, 4) is 0 Å². The lowest BCUT2D eigenvalue weighted by molar-refractivity contribution is 0.166. The first kappa shape index (κ1) is 18.9. The number of nitrogens with two attached hydrogens (primary N) is 1. The molecule has 0 amide bonds. The predicted octanol–water partition coefficient (Wildman–Crippen LogP) is 3.40. The SMILES string of the molecule is CCNN(C)CCC(C)(C)CC(C)CC(C)(N)CC. The molecule has 0 aromatic heterocycles. The third kappa shape index (κ3) is 9.42. The van der Waals surface area contributed by atoms with Crippen molar-refractivity contribution in [1.82, 2.24) is 10.4 Å². The van der Waals surface area contributed by atoms with E-state index in [0.29, 0.717) is 11.3 Å². The zero-order chi connectivity index (χ0) is 15.1. The molecule has 0 heterocycles. The van der Waals surface area contributed by atoms with Gasteiger partial charge < -0.3 is 5.73 Å². The summed E-state index contributed by atoms with van der Waals surface area (Å²) >= 11 is 0. The maximum atomic E-state index is 6.28. The fourth-order valence-corrected chi connectivity index (χ4v) is 2.88. The summed E-state index contributed by atoms with van der Waals surface area (Å²) in [6.07, 6.45) is 4.64. The topological polar surface area (TPSA) is 41.3 Å². The molecule has 3 nitrogen and oxygen atoms in total. The maximum Gasteiger partial charge on any atom is 0.0132 e. The van der Waals surface area contributed by atoms with Crippen LogP contribution in [-0.4, -0.2) is 30.7 Å². The second kappa shape index (κ2) is 8.23. The largest absolute Gasteiger partial charge is 0.325 e. The van der Waals surface area contributed by atoms with E-state index in [1.165, 1.54) is 12.8 Å². The average Bonchev–Trinajstić information content (AvgIpc) is 2.25. The van der Waals surface area contributed by atoms with E-state index in [-0.39, 0.29) is 5.54 Å². The fraction of sp³-hybridized carbons (Fsp3) is 1.00. The Morgan fingerprint density at radius 3 is 2.21 bits per heavy atom. The molecular weight excluding hydrogens is 234 g/mol. The Morgan fingerprint density at radius 2 is 1.74 bits per heavy atom. The van der Waals surface area contributed by atoms with Gasteiger partial charge >= 0.3 is 0 Å². The smallest absolute Gasteiger partial charge is 0.0132 e. The molecule has 0 aliphatic rings. The second-order valence-electron chi connectivity index (χ2n) is 7.37. The van der Waals surface area contributed by atoms with E-state index < -0.39 is 0 Å². The first-order valence-corrected chi connectivity index (χ1v) is 7.85. The Morgan fingerprint density at radius 1 is 1.16 bits per heavy atom. The van der Waals surface area contributed by atoms with Crippen LogP contribution >= 0.6 is 0 Å². The van der Waals surface area contributed by atoms with Crippen molar-refractivity contribution in [3.05, 3.63) is 0 Å². The summed E-state index contributed by atoms with van der Waals surface area (Å²) in [5.74, 6) is 0.689. The zero-order valence-corrected chi connectivity index (χ0v) is 14.3. The Bertz CT molecular complexity index is 236. The van der Waals surface area contributed by atoms with E-state index in [1.54, 1.807) is 0 Å². The van der Waals surface area contributed by atoms with Crippen molar-refractivity contribution in [2.24, 2.45) is 17.1 Å². The molecule has 0 aliphatic heterocycles. The number of rotatable bonds is 10. The summed E-state index contributed by atoms with van der Waals surface area (Å²) in [4.78, 5) is 0. The minimum absolute atomic E-state index is 0.00391. The molecular formula is C16H37N3. The van der Waals surface area contributed by atoms with Gasteiger partial charge in [0.25, 0.3) is 0 Å². The van der Waals surface area contributed by atoms with Crippen LogP contribution in [0.25, 0.3) is 0 Å². The van der Waals surface area contributed by atoms with Crippen molar-refractivity contribution in [3.63, 3.8) is 0 Å². The Labute approximate surface area is 121 Å². The molecule has 0 saturated heterocycles. The highest BCUT2D eigenvalue weighted by Crippen LogP contribution is 2.32. The number of nitrogens with zero attached hydrogens (tertiary/aromatic N) is 1. The Balaban J connectivity index is 4.13. The molecule has 19 heavy (non-hydrogen) atoms.